The van der Waals surface area contributed by atoms with E-state index in [1.54, 1.807) is 30.3 Å². The summed E-state index contributed by atoms with van der Waals surface area (Å²) >= 11 is 0. The van der Waals surface area contributed by atoms with Gasteiger partial charge in [-0.3, -0.25) is 4.79 Å². The predicted molar refractivity (Wildman–Crippen MR) is 107 cm³/mol. The van der Waals surface area contributed by atoms with Crippen LogP contribution in [0.2, 0.25) is 0 Å². The van der Waals surface area contributed by atoms with Crippen LogP contribution in [0, 0.1) is 0 Å². The second kappa shape index (κ2) is 7.56. The largest absolute Gasteiger partial charge is 0.496 e. The maximum atomic E-state index is 13.4. The third-order valence-corrected chi connectivity index (χ3v) is 6.01. The number of anilines is 1. The lowest BCUT2D eigenvalue weighted by Gasteiger charge is -2.28. The average Bonchev–Trinajstić information content (AvgIpc) is 3.01. The molecule has 1 atom stereocenters. The zero-order valence-corrected chi connectivity index (χ0v) is 16.4. The molecule has 0 N–H and O–H groups in total. The smallest absolute Gasteiger partial charge is 0.262 e. The van der Waals surface area contributed by atoms with Crippen LogP contribution in [-0.4, -0.2) is 33.2 Å². The van der Waals surface area contributed by atoms with Crippen LogP contribution in [0.3, 0.4) is 0 Å². The minimum atomic E-state index is -3.31. The topological polar surface area (TPSA) is 63.7 Å². The predicted octanol–water partition coefficient (Wildman–Crippen LogP) is 3.78. The molecular formula is C21H23NO4S. The van der Waals surface area contributed by atoms with Crippen molar-refractivity contribution in [2.75, 3.05) is 17.8 Å². The van der Waals surface area contributed by atoms with Gasteiger partial charge in [-0.15, -0.1) is 0 Å². The van der Waals surface area contributed by atoms with Crippen molar-refractivity contribution in [3.05, 3.63) is 71.1 Å². The number of ether oxygens (including phenoxy) is 1. The molecule has 1 aliphatic heterocycles. The first-order valence-corrected chi connectivity index (χ1v) is 10.5. The van der Waals surface area contributed by atoms with Gasteiger partial charge in [0, 0.05) is 11.1 Å². The summed E-state index contributed by atoms with van der Waals surface area (Å²) < 4.78 is 29.2. The van der Waals surface area contributed by atoms with Crippen LogP contribution in [0.25, 0.3) is 0 Å². The summed E-state index contributed by atoms with van der Waals surface area (Å²) in [4.78, 5) is 14.9. The van der Waals surface area contributed by atoms with Crippen molar-refractivity contribution in [2.45, 2.75) is 25.8 Å². The van der Waals surface area contributed by atoms with Crippen LogP contribution in [0.4, 0.5) is 5.69 Å². The molecule has 1 aliphatic rings. The molecule has 0 aromatic heterocycles. The Kier molecular flexibility index (Phi) is 5.37. The summed E-state index contributed by atoms with van der Waals surface area (Å²) in [6, 6.07) is 14.1. The number of sulfone groups is 1. The third-order valence-electron chi connectivity index (χ3n) is 4.64. The molecule has 27 heavy (non-hydrogen) atoms. The second-order valence-corrected chi connectivity index (χ2v) is 8.78. The van der Waals surface area contributed by atoms with Crippen molar-refractivity contribution < 1.29 is 17.9 Å². The van der Waals surface area contributed by atoms with Gasteiger partial charge in [-0.1, -0.05) is 38.1 Å². The molecule has 142 valence electrons. The number of hydrogen-bond donors (Lipinski definition) is 0. The Bertz CT molecular complexity index is 962. The molecule has 0 bridgehead atoms. The molecule has 5 nitrogen and oxygen atoms in total. The molecule has 0 saturated heterocycles. The number of carbonyl (C=O) groups excluding carboxylic acids is 1. The van der Waals surface area contributed by atoms with E-state index in [4.69, 9.17) is 4.74 Å². The standard InChI is InChI=1S/C21H23NO4S/c1-15(2)16-8-10-17(11-9-16)22(18-12-13-27(24,25)14-18)21(23)19-6-4-5-7-20(19)26-3/h4-13,15,18H,14H2,1-3H3/t18-/m1/s1. The Morgan fingerprint density at radius 1 is 1.11 bits per heavy atom. The Labute approximate surface area is 160 Å². The Morgan fingerprint density at radius 2 is 1.78 bits per heavy atom. The monoisotopic (exact) mass is 385 g/mol. The number of rotatable bonds is 5. The minimum Gasteiger partial charge on any atom is -0.496 e. The molecule has 2 aromatic carbocycles. The van der Waals surface area contributed by atoms with E-state index in [0.29, 0.717) is 22.9 Å². The highest BCUT2D eigenvalue weighted by Gasteiger charge is 2.33. The number of hydrogen-bond acceptors (Lipinski definition) is 4. The molecular weight excluding hydrogens is 362 g/mol. The Balaban J connectivity index is 2.05. The van der Waals surface area contributed by atoms with Gasteiger partial charge < -0.3 is 9.64 Å². The van der Waals surface area contributed by atoms with E-state index in [-0.39, 0.29) is 11.7 Å². The van der Waals surface area contributed by atoms with Gasteiger partial charge in [-0.25, -0.2) is 8.42 Å². The molecule has 3 rings (SSSR count). The van der Waals surface area contributed by atoms with Crippen LogP contribution in [0.1, 0.15) is 35.7 Å². The fraction of sp³-hybridized carbons (Fsp3) is 0.286. The van der Waals surface area contributed by atoms with Crippen LogP contribution in [0.5, 0.6) is 5.75 Å². The summed E-state index contributed by atoms with van der Waals surface area (Å²) in [5, 5.41) is 1.18. The molecule has 6 heteroatoms. The molecule has 0 saturated carbocycles. The molecule has 1 heterocycles. The van der Waals surface area contributed by atoms with Gasteiger partial charge in [0.2, 0.25) is 0 Å². The van der Waals surface area contributed by atoms with E-state index in [1.807, 2.05) is 24.3 Å². The quantitative estimate of drug-likeness (QED) is 0.786. The lowest BCUT2D eigenvalue weighted by Crippen LogP contribution is -2.41. The van der Waals surface area contributed by atoms with Crippen LogP contribution >= 0.6 is 0 Å². The number of carbonyl (C=O) groups is 1. The van der Waals surface area contributed by atoms with Gasteiger partial charge in [-0.05, 0) is 41.8 Å². The molecule has 0 fully saturated rings. The Hall–Kier alpha value is -2.60. The average molecular weight is 385 g/mol. The molecule has 0 spiro atoms. The highest BCUT2D eigenvalue weighted by atomic mass is 32.2. The van der Waals surface area contributed by atoms with Crippen molar-refractivity contribution in [1.82, 2.24) is 0 Å². The van der Waals surface area contributed by atoms with Crippen molar-refractivity contribution in [1.29, 1.82) is 0 Å². The van der Waals surface area contributed by atoms with E-state index < -0.39 is 15.9 Å². The summed E-state index contributed by atoms with van der Waals surface area (Å²) in [5.74, 6) is 0.400. The lowest BCUT2D eigenvalue weighted by atomic mass is 10.0. The van der Waals surface area contributed by atoms with E-state index in [1.165, 1.54) is 17.4 Å². The maximum Gasteiger partial charge on any atom is 0.262 e. The number of nitrogens with zero attached hydrogens (tertiary/aromatic N) is 1. The number of para-hydroxylation sites is 1. The Morgan fingerprint density at radius 3 is 2.33 bits per heavy atom. The summed E-state index contributed by atoms with van der Waals surface area (Å²) in [6.45, 7) is 4.19. The van der Waals surface area contributed by atoms with E-state index in [2.05, 4.69) is 13.8 Å². The number of amides is 1. The maximum absolute atomic E-state index is 13.4. The van der Waals surface area contributed by atoms with Gasteiger partial charge in [0.25, 0.3) is 5.91 Å². The van der Waals surface area contributed by atoms with Gasteiger partial charge in [0.15, 0.2) is 9.84 Å². The first kappa shape index (κ1) is 19.2. The van der Waals surface area contributed by atoms with Gasteiger partial charge >= 0.3 is 0 Å². The third kappa shape index (κ3) is 4.06. The fourth-order valence-corrected chi connectivity index (χ4v) is 4.42. The van der Waals surface area contributed by atoms with Crippen LogP contribution < -0.4 is 9.64 Å². The van der Waals surface area contributed by atoms with Crippen LogP contribution in [0.15, 0.2) is 60.0 Å². The molecule has 0 aliphatic carbocycles. The molecule has 1 amide bonds. The van der Waals surface area contributed by atoms with Gasteiger partial charge in [0.1, 0.15) is 5.75 Å². The van der Waals surface area contributed by atoms with E-state index >= 15 is 0 Å². The van der Waals surface area contributed by atoms with Crippen LogP contribution in [-0.2, 0) is 9.84 Å². The highest BCUT2D eigenvalue weighted by Crippen LogP contribution is 2.29. The van der Waals surface area contributed by atoms with Gasteiger partial charge in [-0.2, -0.15) is 0 Å². The fourth-order valence-electron chi connectivity index (χ4n) is 3.15. The zero-order chi connectivity index (χ0) is 19.6. The highest BCUT2D eigenvalue weighted by molar-refractivity contribution is 7.94. The summed E-state index contributed by atoms with van der Waals surface area (Å²) in [6.07, 6.45) is 1.57. The molecule has 0 unspecified atom stereocenters. The molecule has 2 aromatic rings. The number of methoxy groups -OCH3 is 1. The summed E-state index contributed by atoms with van der Waals surface area (Å²) in [5.41, 5.74) is 2.20. The first-order valence-electron chi connectivity index (χ1n) is 8.80. The zero-order valence-electron chi connectivity index (χ0n) is 15.6. The normalized spacial score (nSPS) is 17.9. The first-order chi connectivity index (χ1) is 12.8. The summed E-state index contributed by atoms with van der Waals surface area (Å²) in [7, 11) is -1.80. The molecule has 0 radical (unpaired) electrons. The van der Waals surface area contributed by atoms with Crippen molar-refractivity contribution in [3.63, 3.8) is 0 Å². The minimum absolute atomic E-state index is 0.125. The van der Waals surface area contributed by atoms with E-state index in [0.717, 1.165) is 5.56 Å². The van der Waals surface area contributed by atoms with E-state index in [9.17, 15) is 13.2 Å². The lowest BCUT2D eigenvalue weighted by molar-refractivity contribution is 0.0980. The van der Waals surface area contributed by atoms with Gasteiger partial charge in [0.05, 0.1) is 24.5 Å². The SMILES string of the molecule is COc1ccccc1C(=O)N(c1ccc(C(C)C)cc1)[C@@H]1C=CS(=O)(=O)C1. The van der Waals surface area contributed by atoms with Crippen molar-refractivity contribution >= 4 is 21.4 Å². The number of benzene rings is 2. The second-order valence-electron chi connectivity index (χ2n) is 6.85. The van der Waals surface area contributed by atoms with Crippen molar-refractivity contribution in [2.24, 2.45) is 0 Å². The van der Waals surface area contributed by atoms with Crippen molar-refractivity contribution in [3.8, 4) is 5.75 Å².